The summed E-state index contributed by atoms with van der Waals surface area (Å²) in [6.45, 7) is 3.36. The second-order valence-electron chi connectivity index (χ2n) is 4.69. The lowest BCUT2D eigenvalue weighted by Gasteiger charge is -2.22. The Balaban J connectivity index is 2.69. The van der Waals surface area contributed by atoms with E-state index in [9.17, 15) is 9.59 Å². The number of nitrogens with zero attached hydrogens (tertiary/aromatic N) is 1. The molecule has 0 saturated carbocycles. The molecule has 6 heteroatoms. The average Bonchev–Trinajstić information content (AvgIpc) is 2.45. The van der Waals surface area contributed by atoms with E-state index in [-0.39, 0.29) is 25.4 Å². The van der Waals surface area contributed by atoms with Gasteiger partial charge in [0.1, 0.15) is 0 Å². The molecule has 0 saturated heterocycles. The van der Waals surface area contributed by atoms with Crippen LogP contribution in [-0.4, -0.2) is 50.3 Å². The van der Waals surface area contributed by atoms with Crippen LogP contribution in [0.4, 0.5) is 5.69 Å². The molecule has 2 N–H and O–H groups in total. The number of carbonyl (C=O) groups excluding carboxylic acids is 1. The molecule has 0 aliphatic rings. The molecule has 0 unspecified atom stereocenters. The fourth-order valence-electron chi connectivity index (χ4n) is 1.79. The Kier molecular flexibility index (Phi) is 7.42. The molecule has 0 aliphatic carbocycles. The number of hydrogen-bond acceptors (Lipinski definition) is 4. The van der Waals surface area contributed by atoms with Crippen molar-refractivity contribution in [2.24, 2.45) is 0 Å². The maximum absolute atomic E-state index is 12.2. The predicted molar refractivity (Wildman–Crippen MR) is 80.5 cm³/mol. The third-order valence-electron chi connectivity index (χ3n) is 2.96. The molecule has 116 valence electrons. The summed E-state index contributed by atoms with van der Waals surface area (Å²) < 4.78 is 4.90. The summed E-state index contributed by atoms with van der Waals surface area (Å²) in [7, 11) is 1.59. The number of methoxy groups -OCH3 is 1. The van der Waals surface area contributed by atoms with Crippen molar-refractivity contribution in [1.29, 1.82) is 0 Å². The molecular weight excluding hydrogens is 272 g/mol. The molecule has 0 aromatic heterocycles. The van der Waals surface area contributed by atoms with Crippen LogP contribution in [0.5, 0.6) is 0 Å². The highest BCUT2D eigenvalue weighted by Gasteiger charge is 2.16. The summed E-state index contributed by atoms with van der Waals surface area (Å²) in [5.41, 5.74) is 1.79. The van der Waals surface area contributed by atoms with Crippen molar-refractivity contribution in [2.45, 2.75) is 13.3 Å². The zero-order valence-corrected chi connectivity index (χ0v) is 12.5. The lowest BCUT2D eigenvalue weighted by atomic mass is 10.2. The minimum atomic E-state index is -0.924. The van der Waals surface area contributed by atoms with E-state index >= 15 is 0 Å². The summed E-state index contributed by atoms with van der Waals surface area (Å²) in [4.78, 5) is 24.5. The van der Waals surface area contributed by atoms with Gasteiger partial charge in [-0.2, -0.15) is 0 Å². The van der Waals surface area contributed by atoms with Crippen LogP contribution in [0.3, 0.4) is 0 Å². The quantitative estimate of drug-likeness (QED) is 0.665. The Bertz CT molecular complexity index is 459. The number of hydrogen-bond donors (Lipinski definition) is 2. The van der Waals surface area contributed by atoms with Gasteiger partial charge in [-0.25, -0.2) is 0 Å². The number of ether oxygens (including phenoxy) is 1. The minimum absolute atomic E-state index is 0.0856. The summed E-state index contributed by atoms with van der Waals surface area (Å²) in [6.07, 6.45) is -0.0856. The minimum Gasteiger partial charge on any atom is -0.481 e. The number of amides is 1. The number of rotatable bonds is 9. The fourth-order valence-corrected chi connectivity index (χ4v) is 1.79. The SMILES string of the molecule is COCCNCC(=O)N(CCC(=O)O)c1ccc(C)cc1. The summed E-state index contributed by atoms with van der Waals surface area (Å²) in [6, 6.07) is 7.44. The van der Waals surface area contributed by atoms with Gasteiger partial charge in [0.2, 0.25) is 5.91 Å². The Morgan fingerprint density at radius 2 is 1.95 bits per heavy atom. The smallest absolute Gasteiger partial charge is 0.305 e. The first-order valence-corrected chi connectivity index (χ1v) is 6.83. The molecule has 1 rings (SSSR count). The Morgan fingerprint density at radius 3 is 2.52 bits per heavy atom. The monoisotopic (exact) mass is 294 g/mol. The highest BCUT2D eigenvalue weighted by atomic mass is 16.5. The van der Waals surface area contributed by atoms with Crippen molar-refractivity contribution in [2.75, 3.05) is 38.3 Å². The van der Waals surface area contributed by atoms with E-state index in [1.165, 1.54) is 4.90 Å². The van der Waals surface area contributed by atoms with E-state index in [1.807, 2.05) is 31.2 Å². The van der Waals surface area contributed by atoms with Gasteiger partial charge in [0.15, 0.2) is 0 Å². The number of carbonyl (C=O) groups is 2. The average molecular weight is 294 g/mol. The third-order valence-corrected chi connectivity index (χ3v) is 2.96. The van der Waals surface area contributed by atoms with Gasteiger partial charge in [0, 0.05) is 25.9 Å². The normalized spacial score (nSPS) is 10.4. The second-order valence-corrected chi connectivity index (χ2v) is 4.69. The van der Waals surface area contributed by atoms with Crippen LogP contribution < -0.4 is 10.2 Å². The molecule has 1 amide bonds. The highest BCUT2D eigenvalue weighted by molar-refractivity contribution is 5.95. The van der Waals surface area contributed by atoms with E-state index in [0.717, 1.165) is 5.56 Å². The number of anilines is 1. The van der Waals surface area contributed by atoms with E-state index in [1.54, 1.807) is 7.11 Å². The number of aliphatic carboxylic acids is 1. The number of carboxylic acid groups (broad SMARTS) is 1. The summed E-state index contributed by atoms with van der Waals surface area (Å²) in [5.74, 6) is -1.08. The Hall–Kier alpha value is -1.92. The number of aryl methyl sites for hydroxylation is 1. The van der Waals surface area contributed by atoms with Gasteiger partial charge in [-0.3, -0.25) is 9.59 Å². The summed E-state index contributed by atoms with van der Waals surface area (Å²) in [5, 5.41) is 11.8. The number of carboxylic acids is 1. The molecule has 1 aromatic carbocycles. The van der Waals surface area contributed by atoms with Crippen molar-refractivity contribution in [3.05, 3.63) is 29.8 Å². The topological polar surface area (TPSA) is 78.9 Å². The van der Waals surface area contributed by atoms with Crippen LogP contribution >= 0.6 is 0 Å². The molecule has 0 spiro atoms. The van der Waals surface area contributed by atoms with Crippen LogP contribution in [0, 0.1) is 6.92 Å². The van der Waals surface area contributed by atoms with Gasteiger partial charge in [0.25, 0.3) is 0 Å². The zero-order chi connectivity index (χ0) is 15.7. The molecule has 1 aromatic rings. The molecule has 0 radical (unpaired) electrons. The van der Waals surface area contributed by atoms with Crippen molar-refractivity contribution in [1.82, 2.24) is 5.32 Å². The van der Waals surface area contributed by atoms with Gasteiger partial charge < -0.3 is 20.1 Å². The summed E-state index contributed by atoms with van der Waals surface area (Å²) >= 11 is 0. The lowest BCUT2D eigenvalue weighted by Crippen LogP contribution is -2.40. The molecule has 0 fully saturated rings. The second kappa shape index (κ2) is 9.10. The Morgan fingerprint density at radius 1 is 1.29 bits per heavy atom. The maximum Gasteiger partial charge on any atom is 0.305 e. The van der Waals surface area contributed by atoms with E-state index in [2.05, 4.69) is 5.32 Å². The van der Waals surface area contributed by atoms with Crippen LogP contribution in [-0.2, 0) is 14.3 Å². The fraction of sp³-hybridized carbons (Fsp3) is 0.467. The first-order valence-electron chi connectivity index (χ1n) is 6.83. The van der Waals surface area contributed by atoms with E-state index in [0.29, 0.717) is 18.8 Å². The molecule has 0 bridgehead atoms. The van der Waals surface area contributed by atoms with Crippen LogP contribution in [0.2, 0.25) is 0 Å². The zero-order valence-electron chi connectivity index (χ0n) is 12.5. The van der Waals surface area contributed by atoms with Crippen molar-refractivity contribution < 1.29 is 19.4 Å². The van der Waals surface area contributed by atoms with Crippen molar-refractivity contribution in [3.8, 4) is 0 Å². The number of benzene rings is 1. The molecule has 0 aliphatic heterocycles. The molecule has 0 heterocycles. The van der Waals surface area contributed by atoms with Gasteiger partial charge in [-0.1, -0.05) is 17.7 Å². The van der Waals surface area contributed by atoms with E-state index < -0.39 is 5.97 Å². The van der Waals surface area contributed by atoms with Crippen LogP contribution in [0.25, 0.3) is 0 Å². The van der Waals surface area contributed by atoms with Crippen LogP contribution in [0.1, 0.15) is 12.0 Å². The molecular formula is C15H22N2O4. The third kappa shape index (κ3) is 6.37. The first kappa shape index (κ1) is 17.1. The number of nitrogens with one attached hydrogen (secondary N) is 1. The standard InChI is InChI=1S/C15H22N2O4/c1-12-3-5-13(6-4-12)17(9-7-15(19)20)14(18)11-16-8-10-21-2/h3-6,16H,7-11H2,1-2H3,(H,19,20). The van der Waals surface area contributed by atoms with Crippen molar-refractivity contribution >= 4 is 17.6 Å². The van der Waals surface area contributed by atoms with Crippen LogP contribution in [0.15, 0.2) is 24.3 Å². The van der Waals surface area contributed by atoms with Gasteiger partial charge in [-0.15, -0.1) is 0 Å². The Labute approximate surface area is 124 Å². The van der Waals surface area contributed by atoms with Crippen molar-refractivity contribution in [3.63, 3.8) is 0 Å². The highest BCUT2D eigenvalue weighted by Crippen LogP contribution is 2.15. The molecule has 6 nitrogen and oxygen atoms in total. The largest absolute Gasteiger partial charge is 0.481 e. The molecule has 0 atom stereocenters. The van der Waals surface area contributed by atoms with E-state index in [4.69, 9.17) is 9.84 Å². The maximum atomic E-state index is 12.2. The first-order chi connectivity index (χ1) is 10.0. The lowest BCUT2D eigenvalue weighted by molar-refractivity contribution is -0.136. The molecule has 21 heavy (non-hydrogen) atoms. The predicted octanol–water partition coefficient (Wildman–Crippen LogP) is 1.04. The van der Waals surface area contributed by atoms with Gasteiger partial charge in [0.05, 0.1) is 19.6 Å². The van der Waals surface area contributed by atoms with Gasteiger partial charge >= 0.3 is 5.97 Å². The van der Waals surface area contributed by atoms with Gasteiger partial charge in [-0.05, 0) is 19.1 Å².